The number of rotatable bonds is 8. The van der Waals surface area contributed by atoms with Crippen LogP contribution in [-0.2, 0) is 11.2 Å². The lowest BCUT2D eigenvalue weighted by Crippen LogP contribution is -2.38. The third-order valence-corrected chi connectivity index (χ3v) is 5.51. The maximum atomic E-state index is 14.9. The van der Waals surface area contributed by atoms with Gasteiger partial charge in [0.1, 0.15) is 11.6 Å². The summed E-state index contributed by atoms with van der Waals surface area (Å²) < 4.78 is 28.1. The number of hydrogen-bond donors (Lipinski definition) is 3. The highest BCUT2D eigenvalue weighted by molar-refractivity contribution is 6.04. The number of nitrogens with zero attached hydrogens (tertiary/aromatic N) is 2. The molecule has 2 heterocycles. The first-order valence-corrected chi connectivity index (χ1v) is 10.8. The van der Waals surface area contributed by atoms with E-state index in [0.29, 0.717) is 48.2 Å². The van der Waals surface area contributed by atoms with Crippen LogP contribution < -0.4 is 5.32 Å². The lowest BCUT2D eigenvalue weighted by Gasteiger charge is -2.21. The molecule has 1 aliphatic carbocycles. The van der Waals surface area contributed by atoms with Gasteiger partial charge in [0.25, 0.3) is 0 Å². The minimum absolute atomic E-state index is 0.0977. The molecule has 0 spiro atoms. The summed E-state index contributed by atoms with van der Waals surface area (Å²) in [6.45, 7) is -0.0977. The number of benzene rings is 1. The van der Waals surface area contributed by atoms with Crippen LogP contribution in [0.4, 0.5) is 8.78 Å². The van der Waals surface area contributed by atoms with Crippen LogP contribution in [0.15, 0.2) is 72.2 Å². The fourth-order valence-corrected chi connectivity index (χ4v) is 3.88. The zero-order chi connectivity index (χ0) is 23.2. The summed E-state index contributed by atoms with van der Waals surface area (Å²) in [4.78, 5) is 17.5. The SMILES string of the molecule is O=C(N[C@@H](CCO)Cc1ccccn1)C1=C(c2cc(-c3ccc(F)cc3)n[nH]2)C(F)=CCC1. The minimum Gasteiger partial charge on any atom is -0.396 e. The van der Waals surface area contributed by atoms with Crippen molar-refractivity contribution in [2.75, 3.05) is 6.61 Å². The molecule has 3 aromatic rings. The van der Waals surface area contributed by atoms with Crippen LogP contribution in [0, 0.1) is 5.82 Å². The number of amides is 1. The number of hydrogen-bond acceptors (Lipinski definition) is 4. The van der Waals surface area contributed by atoms with Crippen molar-refractivity contribution in [3.05, 3.63) is 89.4 Å². The van der Waals surface area contributed by atoms with Crippen molar-refractivity contribution in [2.24, 2.45) is 0 Å². The zero-order valence-electron chi connectivity index (χ0n) is 17.9. The smallest absolute Gasteiger partial charge is 0.248 e. The Kier molecular flexibility index (Phi) is 7.04. The van der Waals surface area contributed by atoms with E-state index in [2.05, 4.69) is 20.5 Å². The number of H-pyrrole nitrogens is 1. The highest BCUT2D eigenvalue weighted by Gasteiger charge is 2.26. The summed E-state index contributed by atoms with van der Waals surface area (Å²) in [6, 6.07) is 12.6. The standard InChI is InChI=1S/C25H24F2N4O2/c26-17-9-7-16(8-10-17)22-15-23(31-30-22)24-20(5-3-6-21(24)27)25(33)29-19(11-13-32)14-18-4-1-2-12-28-18/h1-2,4,6-10,12,15,19,32H,3,5,11,13-14H2,(H,29,33)(H,30,31)/t19-/m0/s1. The molecule has 3 N–H and O–H groups in total. The second kappa shape index (κ2) is 10.3. The van der Waals surface area contributed by atoms with Crippen molar-refractivity contribution >= 4 is 11.5 Å². The summed E-state index contributed by atoms with van der Waals surface area (Å²) in [6.07, 6.45) is 4.70. The lowest BCUT2D eigenvalue weighted by atomic mass is 9.93. The van der Waals surface area contributed by atoms with Crippen LogP contribution in [0.1, 0.15) is 30.7 Å². The van der Waals surface area contributed by atoms with Crippen molar-refractivity contribution in [1.82, 2.24) is 20.5 Å². The van der Waals surface area contributed by atoms with Crippen LogP contribution in [-0.4, -0.2) is 38.8 Å². The number of aromatic amines is 1. The monoisotopic (exact) mass is 450 g/mol. The number of aromatic nitrogens is 3. The molecule has 0 saturated heterocycles. The fraction of sp³-hybridized carbons (Fsp3) is 0.240. The summed E-state index contributed by atoms with van der Waals surface area (Å²) >= 11 is 0. The van der Waals surface area contributed by atoms with Crippen LogP contribution in [0.2, 0.25) is 0 Å². The fourth-order valence-electron chi connectivity index (χ4n) is 3.88. The van der Waals surface area contributed by atoms with E-state index in [1.165, 1.54) is 18.2 Å². The molecule has 4 rings (SSSR count). The van der Waals surface area contributed by atoms with E-state index in [1.807, 2.05) is 18.2 Å². The van der Waals surface area contributed by atoms with Crippen molar-refractivity contribution < 1.29 is 18.7 Å². The molecule has 0 aliphatic heterocycles. The number of nitrogens with one attached hydrogen (secondary N) is 2. The van der Waals surface area contributed by atoms with E-state index < -0.39 is 5.83 Å². The Morgan fingerprint density at radius 3 is 2.73 bits per heavy atom. The van der Waals surface area contributed by atoms with Gasteiger partial charge < -0.3 is 10.4 Å². The minimum atomic E-state index is -0.496. The average molecular weight is 450 g/mol. The molecule has 33 heavy (non-hydrogen) atoms. The van der Waals surface area contributed by atoms with Gasteiger partial charge in [-0.3, -0.25) is 14.9 Å². The van der Waals surface area contributed by atoms with E-state index >= 15 is 0 Å². The Bertz CT molecular complexity index is 1170. The van der Waals surface area contributed by atoms with Crippen LogP contribution in [0.5, 0.6) is 0 Å². The largest absolute Gasteiger partial charge is 0.396 e. The predicted octanol–water partition coefficient (Wildman–Crippen LogP) is 4.12. The van der Waals surface area contributed by atoms with E-state index in [-0.39, 0.29) is 29.9 Å². The topological polar surface area (TPSA) is 90.9 Å². The van der Waals surface area contributed by atoms with Crippen molar-refractivity contribution in [2.45, 2.75) is 31.7 Å². The van der Waals surface area contributed by atoms with E-state index in [4.69, 9.17) is 0 Å². The molecule has 2 aromatic heterocycles. The number of pyridine rings is 1. The molecular weight excluding hydrogens is 426 g/mol. The summed E-state index contributed by atoms with van der Waals surface area (Å²) in [7, 11) is 0. The molecule has 0 fully saturated rings. The third kappa shape index (κ3) is 5.40. The van der Waals surface area contributed by atoms with Crippen molar-refractivity contribution in [3.8, 4) is 11.3 Å². The number of allylic oxidation sites excluding steroid dienone is 3. The Balaban J connectivity index is 1.60. The molecule has 170 valence electrons. The van der Waals surface area contributed by atoms with Gasteiger partial charge in [-0.25, -0.2) is 8.78 Å². The maximum Gasteiger partial charge on any atom is 0.248 e. The van der Waals surface area contributed by atoms with Gasteiger partial charge in [-0.05, 0) is 67.8 Å². The Hall–Kier alpha value is -3.65. The molecular formula is C25H24F2N4O2. The van der Waals surface area contributed by atoms with Crippen LogP contribution in [0.25, 0.3) is 16.8 Å². The number of carbonyl (C=O) groups is 1. The maximum absolute atomic E-state index is 14.9. The van der Waals surface area contributed by atoms with Crippen molar-refractivity contribution in [1.29, 1.82) is 0 Å². The molecule has 6 nitrogen and oxygen atoms in total. The average Bonchev–Trinajstić information content (AvgIpc) is 3.30. The zero-order valence-corrected chi connectivity index (χ0v) is 17.9. The Labute approximate surface area is 190 Å². The summed E-state index contributed by atoms with van der Waals surface area (Å²) in [5, 5.41) is 19.4. The van der Waals surface area contributed by atoms with Crippen LogP contribution >= 0.6 is 0 Å². The van der Waals surface area contributed by atoms with Gasteiger partial charge in [-0.15, -0.1) is 0 Å². The summed E-state index contributed by atoms with van der Waals surface area (Å²) in [5.74, 6) is -1.25. The van der Waals surface area contributed by atoms with E-state index in [1.54, 1.807) is 24.4 Å². The van der Waals surface area contributed by atoms with Gasteiger partial charge >= 0.3 is 0 Å². The van der Waals surface area contributed by atoms with Gasteiger partial charge in [-0.1, -0.05) is 6.07 Å². The Morgan fingerprint density at radius 2 is 2.00 bits per heavy atom. The van der Waals surface area contributed by atoms with E-state index in [0.717, 1.165) is 5.69 Å². The Morgan fingerprint density at radius 1 is 1.18 bits per heavy atom. The molecule has 1 aromatic carbocycles. The molecule has 0 saturated carbocycles. The van der Waals surface area contributed by atoms with Crippen molar-refractivity contribution in [3.63, 3.8) is 0 Å². The van der Waals surface area contributed by atoms with Gasteiger partial charge in [0, 0.05) is 47.7 Å². The lowest BCUT2D eigenvalue weighted by molar-refractivity contribution is -0.118. The molecule has 1 atom stereocenters. The van der Waals surface area contributed by atoms with Gasteiger partial charge in [0.2, 0.25) is 5.91 Å². The summed E-state index contributed by atoms with van der Waals surface area (Å²) in [5.41, 5.74) is 2.83. The van der Waals surface area contributed by atoms with Gasteiger partial charge in [-0.2, -0.15) is 5.10 Å². The second-order valence-electron chi connectivity index (χ2n) is 7.83. The first kappa shape index (κ1) is 22.5. The first-order valence-electron chi connectivity index (χ1n) is 10.8. The highest BCUT2D eigenvalue weighted by atomic mass is 19.1. The molecule has 1 amide bonds. The second-order valence-corrected chi connectivity index (χ2v) is 7.83. The quantitative estimate of drug-likeness (QED) is 0.482. The number of aliphatic hydroxyl groups excluding tert-OH is 1. The number of carbonyl (C=O) groups excluding carboxylic acids is 1. The van der Waals surface area contributed by atoms with E-state index in [9.17, 15) is 18.7 Å². The van der Waals surface area contributed by atoms with Gasteiger partial charge in [0.05, 0.1) is 11.4 Å². The molecule has 0 radical (unpaired) electrons. The third-order valence-electron chi connectivity index (χ3n) is 5.51. The highest BCUT2D eigenvalue weighted by Crippen LogP contribution is 2.35. The first-order chi connectivity index (χ1) is 16.0. The molecule has 0 unspecified atom stereocenters. The van der Waals surface area contributed by atoms with Gasteiger partial charge in [0.15, 0.2) is 0 Å². The molecule has 0 bridgehead atoms. The normalized spacial score (nSPS) is 14.7. The molecule has 1 aliphatic rings. The number of halogens is 2. The number of aliphatic hydroxyl groups is 1. The van der Waals surface area contributed by atoms with Crippen LogP contribution in [0.3, 0.4) is 0 Å². The molecule has 8 heteroatoms. The predicted molar refractivity (Wildman–Crippen MR) is 121 cm³/mol.